The number of nitrogens with one attached hydrogen (secondary N) is 1. The summed E-state index contributed by atoms with van der Waals surface area (Å²) < 4.78 is 1.84. The molecule has 0 radical (unpaired) electrons. The minimum atomic E-state index is 0.338. The lowest BCUT2D eigenvalue weighted by atomic mass is 10.3. The number of aromatic nitrogens is 4. The van der Waals surface area contributed by atoms with Gasteiger partial charge in [-0.25, -0.2) is 15.0 Å². The molecule has 4 rings (SSSR count). The van der Waals surface area contributed by atoms with Crippen LogP contribution in [0.4, 0.5) is 11.6 Å². The number of para-hydroxylation sites is 3. The molecule has 5 nitrogen and oxygen atoms in total. The number of anilines is 2. The van der Waals surface area contributed by atoms with Gasteiger partial charge in [-0.05, 0) is 24.3 Å². The van der Waals surface area contributed by atoms with Gasteiger partial charge >= 0.3 is 0 Å². The number of halogens is 3. The Hall–Kier alpha value is -2.34. The summed E-state index contributed by atoms with van der Waals surface area (Å²) >= 11 is 18.6. The standard InChI is InChI=1S/C17H10Cl3N5/c18-10-4-3-5-11(19)16(10)24-17-23-12-6-1-2-7-13(12)25(17)15-8-14(20)21-9-22-15/h1-9H,(H,23,24). The van der Waals surface area contributed by atoms with Crippen molar-refractivity contribution in [3.05, 3.63) is 70.1 Å². The highest BCUT2D eigenvalue weighted by molar-refractivity contribution is 6.39. The molecular weight excluding hydrogens is 381 g/mol. The maximum Gasteiger partial charge on any atom is 0.214 e. The summed E-state index contributed by atoms with van der Waals surface area (Å²) in [4.78, 5) is 12.9. The van der Waals surface area contributed by atoms with E-state index in [-0.39, 0.29) is 0 Å². The first kappa shape index (κ1) is 16.1. The summed E-state index contributed by atoms with van der Waals surface area (Å²) in [7, 11) is 0. The zero-order valence-corrected chi connectivity index (χ0v) is 14.9. The van der Waals surface area contributed by atoms with Gasteiger partial charge in [-0.3, -0.25) is 4.57 Å². The average molecular weight is 391 g/mol. The van der Waals surface area contributed by atoms with Crippen LogP contribution in [-0.2, 0) is 0 Å². The second kappa shape index (κ2) is 6.52. The molecule has 2 heterocycles. The monoisotopic (exact) mass is 389 g/mol. The Bertz CT molecular complexity index is 1060. The van der Waals surface area contributed by atoms with E-state index in [2.05, 4.69) is 20.3 Å². The van der Waals surface area contributed by atoms with E-state index in [0.29, 0.717) is 32.7 Å². The molecule has 0 saturated carbocycles. The van der Waals surface area contributed by atoms with Crippen LogP contribution in [0.1, 0.15) is 0 Å². The van der Waals surface area contributed by atoms with Gasteiger partial charge in [0, 0.05) is 6.07 Å². The van der Waals surface area contributed by atoms with Gasteiger partial charge in [0.05, 0.1) is 26.8 Å². The van der Waals surface area contributed by atoms with Crippen LogP contribution >= 0.6 is 34.8 Å². The maximum absolute atomic E-state index is 6.27. The number of imidazole rings is 1. The van der Waals surface area contributed by atoms with Crippen molar-refractivity contribution in [1.29, 1.82) is 0 Å². The number of benzene rings is 2. The summed E-state index contributed by atoms with van der Waals surface area (Å²) in [6, 6.07) is 14.6. The summed E-state index contributed by atoms with van der Waals surface area (Å²) in [6.07, 6.45) is 1.40. The molecule has 0 aliphatic heterocycles. The molecule has 0 aliphatic carbocycles. The third-order valence-electron chi connectivity index (χ3n) is 3.61. The van der Waals surface area contributed by atoms with E-state index >= 15 is 0 Å². The molecule has 0 amide bonds. The van der Waals surface area contributed by atoms with E-state index < -0.39 is 0 Å². The van der Waals surface area contributed by atoms with Gasteiger partial charge in [-0.2, -0.15) is 0 Å². The Balaban J connectivity index is 1.93. The second-order valence-corrected chi connectivity index (χ2v) is 6.38. The smallest absolute Gasteiger partial charge is 0.214 e. The van der Waals surface area contributed by atoms with Gasteiger partial charge in [0.1, 0.15) is 17.3 Å². The van der Waals surface area contributed by atoms with Crippen molar-refractivity contribution in [1.82, 2.24) is 19.5 Å². The molecule has 0 atom stereocenters. The Kier molecular flexibility index (Phi) is 4.21. The molecule has 25 heavy (non-hydrogen) atoms. The topological polar surface area (TPSA) is 55.6 Å². The maximum atomic E-state index is 6.27. The van der Waals surface area contributed by atoms with E-state index in [0.717, 1.165) is 11.0 Å². The Morgan fingerprint density at radius 1 is 0.880 bits per heavy atom. The van der Waals surface area contributed by atoms with Crippen LogP contribution < -0.4 is 5.32 Å². The first-order chi connectivity index (χ1) is 12.1. The first-order valence-electron chi connectivity index (χ1n) is 7.30. The van der Waals surface area contributed by atoms with E-state index in [9.17, 15) is 0 Å². The van der Waals surface area contributed by atoms with Crippen molar-refractivity contribution in [3.8, 4) is 5.82 Å². The Morgan fingerprint density at radius 3 is 2.40 bits per heavy atom. The minimum absolute atomic E-state index is 0.338. The number of rotatable bonds is 3. The van der Waals surface area contributed by atoms with Crippen molar-refractivity contribution in [2.45, 2.75) is 0 Å². The minimum Gasteiger partial charge on any atom is -0.323 e. The average Bonchev–Trinajstić information content (AvgIpc) is 2.96. The highest BCUT2D eigenvalue weighted by Crippen LogP contribution is 2.34. The molecule has 0 aliphatic rings. The number of hydrogen-bond donors (Lipinski definition) is 1. The molecular formula is C17H10Cl3N5. The fourth-order valence-electron chi connectivity index (χ4n) is 2.52. The molecule has 2 aromatic heterocycles. The predicted molar refractivity (Wildman–Crippen MR) is 101 cm³/mol. The van der Waals surface area contributed by atoms with E-state index in [1.165, 1.54) is 6.33 Å². The normalized spacial score (nSPS) is 11.0. The van der Waals surface area contributed by atoms with Crippen molar-refractivity contribution >= 4 is 57.5 Å². The third kappa shape index (κ3) is 3.02. The molecule has 124 valence electrons. The first-order valence-corrected chi connectivity index (χ1v) is 8.43. The summed E-state index contributed by atoms with van der Waals surface area (Å²) in [5.41, 5.74) is 2.23. The second-order valence-electron chi connectivity index (χ2n) is 5.18. The number of fused-ring (bicyclic) bond motifs is 1. The molecule has 2 aromatic carbocycles. The van der Waals surface area contributed by atoms with Gasteiger partial charge < -0.3 is 5.32 Å². The van der Waals surface area contributed by atoms with Crippen molar-refractivity contribution in [3.63, 3.8) is 0 Å². The van der Waals surface area contributed by atoms with Crippen LogP contribution in [0.25, 0.3) is 16.9 Å². The van der Waals surface area contributed by atoms with E-state index in [1.54, 1.807) is 24.3 Å². The zero-order valence-electron chi connectivity index (χ0n) is 12.6. The largest absolute Gasteiger partial charge is 0.323 e. The molecule has 0 spiro atoms. The van der Waals surface area contributed by atoms with Crippen molar-refractivity contribution < 1.29 is 0 Å². The molecule has 8 heteroatoms. The molecule has 0 saturated heterocycles. The fraction of sp³-hybridized carbons (Fsp3) is 0. The van der Waals surface area contributed by atoms with Gasteiger partial charge in [-0.15, -0.1) is 0 Å². The quantitative estimate of drug-likeness (QED) is 0.468. The molecule has 0 fully saturated rings. The highest BCUT2D eigenvalue weighted by Gasteiger charge is 2.16. The Labute approximate surface area is 158 Å². The predicted octanol–water partition coefficient (Wildman–Crippen LogP) is 5.52. The van der Waals surface area contributed by atoms with E-state index in [4.69, 9.17) is 34.8 Å². The number of nitrogens with zero attached hydrogens (tertiary/aromatic N) is 4. The number of hydrogen-bond acceptors (Lipinski definition) is 4. The summed E-state index contributed by atoms with van der Waals surface area (Å²) in [5, 5.41) is 4.52. The van der Waals surface area contributed by atoms with Crippen LogP contribution in [0.3, 0.4) is 0 Å². The lowest BCUT2D eigenvalue weighted by Gasteiger charge is -2.12. The lowest BCUT2D eigenvalue weighted by Crippen LogP contribution is -2.04. The van der Waals surface area contributed by atoms with Gasteiger partial charge in [-0.1, -0.05) is 53.0 Å². The fourth-order valence-corrected chi connectivity index (χ4v) is 3.15. The summed E-state index contributed by atoms with van der Waals surface area (Å²) in [6.45, 7) is 0. The van der Waals surface area contributed by atoms with Crippen LogP contribution in [0.2, 0.25) is 15.2 Å². The van der Waals surface area contributed by atoms with Crippen LogP contribution in [0.15, 0.2) is 54.9 Å². The van der Waals surface area contributed by atoms with Crippen LogP contribution in [-0.4, -0.2) is 19.5 Å². The van der Waals surface area contributed by atoms with E-state index in [1.807, 2.05) is 28.8 Å². The van der Waals surface area contributed by atoms with Gasteiger partial charge in [0.15, 0.2) is 0 Å². The molecule has 4 aromatic rings. The van der Waals surface area contributed by atoms with Crippen molar-refractivity contribution in [2.75, 3.05) is 5.32 Å². The molecule has 0 bridgehead atoms. The van der Waals surface area contributed by atoms with Crippen molar-refractivity contribution in [2.24, 2.45) is 0 Å². The van der Waals surface area contributed by atoms with Gasteiger partial charge in [0.25, 0.3) is 0 Å². The SMILES string of the molecule is Clc1cc(-n2c(Nc3c(Cl)cccc3Cl)nc3ccccc32)ncn1. The van der Waals surface area contributed by atoms with Crippen LogP contribution in [0.5, 0.6) is 0 Å². The third-order valence-corrected chi connectivity index (χ3v) is 4.45. The molecule has 0 unspecified atom stereocenters. The zero-order chi connectivity index (χ0) is 17.4. The Morgan fingerprint density at radius 2 is 1.64 bits per heavy atom. The van der Waals surface area contributed by atoms with Crippen LogP contribution in [0, 0.1) is 0 Å². The molecule has 1 N–H and O–H groups in total. The highest BCUT2D eigenvalue weighted by atomic mass is 35.5. The lowest BCUT2D eigenvalue weighted by molar-refractivity contribution is 1.00. The van der Waals surface area contributed by atoms with Gasteiger partial charge in [0.2, 0.25) is 5.95 Å². The summed E-state index contributed by atoms with van der Waals surface area (Å²) in [5.74, 6) is 1.10.